The molecule has 0 spiro atoms. The molecule has 1 fully saturated rings. The molecule has 1 aromatic heterocycles. The van der Waals surface area contributed by atoms with E-state index in [1.54, 1.807) is 29.4 Å². The Bertz CT molecular complexity index is 1420. The zero-order valence-corrected chi connectivity index (χ0v) is 24.4. The summed E-state index contributed by atoms with van der Waals surface area (Å²) in [6.45, 7) is 9.60. The van der Waals surface area contributed by atoms with Crippen molar-refractivity contribution in [3.63, 3.8) is 0 Å². The summed E-state index contributed by atoms with van der Waals surface area (Å²) >= 11 is 1.85. The van der Waals surface area contributed by atoms with Crippen LogP contribution in [0.5, 0.6) is 5.75 Å². The van der Waals surface area contributed by atoms with Crippen molar-refractivity contribution in [3.05, 3.63) is 83.0 Å². The normalized spacial score (nSPS) is 14.4. The van der Waals surface area contributed by atoms with Gasteiger partial charge in [-0.1, -0.05) is 36.8 Å². The molecular formula is C31H38FN5O2S. The van der Waals surface area contributed by atoms with Gasteiger partial charge in [0.25, 0.3) is 0 Å². The maximum atomic E-state index is 13.8. The van der Waals surface area contributed by atoms with Gasteiger partial charge in [0.2, 0.25) is 0 Å². The summed E-state index contributed by atoms with van der Waals surface area (Å²) in [4.78, 5) is 16.3. The van der Waals surface area contributed by atoms with Crippen molar-refractivity contribution in [2.24, 2.45) is 16.8 Å². The van der Waals surface area contributed by atoms with E-state index in [0.29, 0.717) is 5.69 Å². The number of ether oxygens (including phenoxy) is 1. The second kappa shape index (κ2) is 13.7. The topological polar surface area (TPSA) is 86.9 Å². The molecule has 1 aliphatic rings. The van der Waals surface area contributed by atoms with Crippen molar-refractivity contribution in [3.8, 4) is 5.75 Å². The second-order valence-corrected chi connectivity index (χ2v) is 11.2. The largest absolute Gasteiger partial charge is 0.486 e. The number of hydrogen-bond acceptors (Lipinski definition) is 7. The fourth-order valence-corrected chi connectivity index (χ4v) is 5.95. The predicted octanol–water partition coefficient (Wildman–Crippen LogP) is 6.82. The van der Waals surface area contributed by atoms with Gasteiger partial charge < -0.3 is 19.8 Å². The number of fused-ring (bicyclic) bond motifs is 1. The minimum Gasteiger partial charge on any atom is -0.486 e. The molecule has 0 radical (unpaired) electrons. The van der Waals surface area contributed by atoms with Crippen LogP contribution in [0, 0.1) is 18.7 Å². The maximum Gasteiger partial charge on any atom is 0.184 e. The molecule has 212 valence electrons. The zero-order valence-electron chi connectivity index (χ0n) is 23.6. The Labute approximate surface area is 240 Å². The minimum absolute atomic E-state index is 0.0227. The third-order valence-electron chi connectivity index (χ3n) is 6.75. The molecule has 4 rings (SSSR count). The number of nitrogens with zero attached hydrogens (tertiary/aromatic N) is 3. The number of allylic oxidation sites excluding steroid dienone is 2. The summed E-state index contributed by atoms with van der Waals surface area (Å²) in [6, 6.07) is 12.5. The van der Waals surface area contributed by atoms with Gasteiger partial charge in [-0.2, -0.15) is 5.10 Å². The molecule has 3 aromatic rings. The molecule has 0 bridgehead atoms. The standard InChI is InChI=1S/C31H38FN5O2S/c1-21(2)31(22(3)9-7-15-39-30-11-6-5-10-25(30)32)36(20-33)34-13-12-29(38)27-18-24-17-23(4)28(19-26(24)35-27)37-14-8-16-40-37/h5-7,9-11,13,17-19,22,35H,8,12,14-16,20,33H2,1-4H3/b9-7?,34-13-. The van der Waals surface area contributed by atoms with Gasteiger partial charge >= 0.3 is 0 Å². The SMILES string of the molecule is CC(C)=C(C(C)C=CCOc1ccccc1F)N(CN)/N=C\CC(=O)c1cc2cc(C)c(N3CCCS3)cc2[nH]1. The average Bonchev–Trinajstić information content (AvgIpc) is 3.60. The van der Waals surface area contributed by atoms with Crippen LogP contribution >= 0.6 is 11.9 Å². The number of benzene rings is 2. The van der Waals surface area contributed by atoms with E-state index in [0.717, 1.165) is 34.5 Å². The third-order valence-corrected chi connectivity index (χ3v) is 7.91. The van der Waals surface area contributed by atoms with Crippen LogP contribution in [0.1, 0.15) is 49.7 Å². The van der Waals surface area contributed by atoms with Crippen LogP contribution in [-0.4, -0.2) is 47.6 Å². The Morgan fingerprint density at radius 1 is 1.30 bits per heavy atom. The average molecular weight is 564 g/mol. The number of hydrogen-bond donors (Lipinski definition) is 2. The van der Waals surface area contributed by atoms with E-state index in [2.05, 4.69) is 33.4 Å². The van der Waals surface area contributed by atoms with Crippen molar-refractivity contribution in [1.29, 1.82) is 0 Å². The van der Waals surface area contributed by atoms with E-state index < -0.39 is 0 Å². The molecule has 1 aliphatic heterocycles. The molecule has 0 aliphatic carbocycles. The highest BCUT2D eigenvalue weighted by Crippen LogP contribution is 2.34. The van der Waals surface area contributed by atoms with Gasteiger partial charge in [-0.3, -0.25) is 9.80 Å². The number of rotatable bonds is 12. The molecule has 1 atom stereocenters. The third kappa shape index (κ3) is 7.14. The zero-order chi connectivity index (χ0) is 28.6. The molecule has 7 nitrogen and oxygen atoms in total. The van der Waals surface area contributed by atoms with Crippen molar-refractivity contribution >= 4 is 40.5 Å². The number of halogens is 1. The van der Waals surface area contributed by atoms with Crippen LogP contribution in [0.4, 0.5) is 10.1 Å². The number of anilines is 1. The Morgan fingerprint density at radius 2 is 2.10 bits per heavy atom. The van der Waals surface area contributed by atoms with Gasteiger partial charge in [0.1, 0.15) is 6.61 Å². The number of ketones is 1. The fraction of sp³-hybridized carbons (Fsp3) is 0.355. The Morgan fingerprint density at radius 3 is 2.80 bits per heavy atom. The molecule has 0 saturated carbocycles. The number of nitrogens with two attached hydrogens (primary N) is 1. The first-order chi connectivity index (χ1) is 19.3. The lowest BCUT2D eigenvalue weighted by Gasteiger charge is -2.25. The van der Waals surface area contributed by atoms with Crippen LogP contribution in [0.15, 0.2) is 71.0 Å². The Balaban J connectivity index is 1.38. The van der Waals surface area contributed by atoms with Gasteiger partial charge in [-0.25, -0.2) is 4.39 Å². The molecule has 9 heteroatoms. The fourth-order valence-electron chi connectivity index (χ4n) is 4.88. The summed E-state index contributed by atoms with van der Waals surface area (Å²) < 4.78 is 21.6. The predicted molar refractivity (Wildman–Crippen MR) is 164 cm³/mol. The number of aromatic amines is 1. The molecule has 1 unspecified atom stereocenters. The van der Waals surface area contributed by atoms with Gasteiger partial charge in [0, 0.05) is 47.5 Å². The number of carbonyl (C=O) groups excluding carboxylic acids is 1. The quantitative estimate of drug-likeness (QED) is 0.0628. The highest BCUT2D eigenvalue weighted by molar-refractivity contribution is 8.00. The monoisotopic (exact) mass is 563 g/mol. The number of para-hydroxylation sites is 1. The molecule has 2 heterocycles. The van der Waals surface area contributed by atoms with Gasteiger partial charge in [0.05, 0.1) is 18.1 Å². The number of carbonyl (C=O) groups is 1. The van der Waals surface area contributed by atoms with Gasteiger partial charge in [0.15, 0.2) is 17.3 Å². The molecule has 40 heavy (non-hydrogen) atoms. The first kappa shape index (κ1) is 29.4. The smallest absolute Gasteiger partial charge is 0.184 e. The van der Waals surface area contributed by atoms with E-state index in [9.17, 15) is 9.18 Å². The number of nitrogens with one attached hydrogen (secondary N) is 1. The highest BCUT2D eigenvalue weighted by Gasteiger charge is 2.18. The minimum atomic E-state index is -0.388. The molecule has 3 N–H and O–H groups in total. The van der Waals surface area contributed by atoms with Crippen molar-refractivity contribution < 1.29 is 13.9 Å². The Hall–Kier alpha value is -3.56. The highest BCUT2D eigenvalue weighted by atomic mass is 32.2. The summed E-state index contributed by atoms with van der Waals surface area (Å²) in [5.74, 6) is 0.907. The second-order valence-electron chi connectivity index (χ2n) is 10.0. The number of H-pyrrole nitrogens is 1. The van der Waals surface area contributed by atoms with E-state index in [1.165, 1.54) is 23.7 Å². The summed E-state index contributed by atoms with van der Waals surface area (Å²) in [6.07, 6.45) is 6.78. The van der Waals surface area contributed by atoms with Gasteiger partial charge in [-0.15, -0.1) is 0 Å². The van der Waals surface area contributed by atoms with Crippen LogP contribution in [0.3, 0.4) is 0 Å². The summed E-state index contributed by atoms with van der Waals surface area (Å²) in [5.41, 5.74) is 12.0. The summed E-state index contributed by atoms with van der Waals surface area (Å²) in [5, 5.41) is 7.28. The van der Waals surface area contributed by atoms with Gasteiger partial charge in [-0.05, 0) is 75.0 Å². The summed E-state index contributed by atoms with van der Waals surface area (Å²) in [7, 11) is 0. The van der Waals surface area contributed by atoms with Crippen LogP contribution in [0.25, 0.3) is 10.9 Å². The number of Topliss-reactive ketones (excluding diaryl/α,β-unsaturated/α-hetero) is 1. The van der Waals surface area contributed by atoms with Crippen LogP contribution in [-0.2, 0) is 0 Å². The first-order valence-electron chi connectivity index (χ1n) is 13.6. The lowest BCUT2D eigenvalue weighted by molar-refractivity contribution is 0.0997. The van der Waals surface area contributed by atoms with E-state index in [4.69, 9.17) is 10.5 Å². The maximum absolute atomic E-state index is 13.8. The van der Waals surface area contributed by atoms with Crippen molar-refractivity contribution in [2.45, 2.75) is 40.5 Å². The van der Waals surface area contributed by atoms with E-state index in [-0.39, 0.29) is 43.0 Å². The molecular weight excluding hydrogens is 525 g/mol. The lowest BCUT2D eigenvalue weighted by Crippen LogP contribution is -2.28. The molecule has 2 aromatic carbocycles. The lowest BCUT2D eigenvalue weighted by atomic mass is 10.0. The number of hydrazone groups is 1. The van der Waals surface area contributed by atoms with Crippen molar-refractivity contribution in [1.82, 2.24) is 9.99 Å². The van der Waals surface area contributed by atoms with E-state index >= 15 is 0 Å². The van der Waals surface area contributed by atoms with Crippen molar-refractivity contribution in [2.75, 3.05) is 29.9 Å². The number of aryl methyl sites for hydroxylation is 1. The Kier molecular flexibility index (Phi) is 10.1. The number of aromatic nitrogens is 1. The van der Waals surface area contributed by atoms with Crippen LogP contribution in [0.2, 0.25) is 0 Å². The molecule has 1 saturated heterocycles. The molecule has 0 amide bonds. The van der Waals surface area contributed by atoms with Crippen LogP contribution < -0.4 is 14.8 Å². The van der Waals surface area contributed by atoms with E-state index in [1.807, 2.05) is 50.9 Å². The first-order valence-corrected chi connectivity index (χ1v) is 14.5.